The lowest BCUT2D eigenvalue weighted by Crippen LogP contribution is -2.09. The molecular weight excluding hydrogens is 179 g/mol. The molecule has 0 aromatic rings. The Morgan fingerprint density at radius 1 is 1.67 bits per heavy atom. The maximum absolute atomic E-state index is 12.9. The quantitative estimate of drug-likeness (QED) is 0.272. The molecule has 3 heteroatoms. The Hall–Kier alpha value is -0.500. The summed E-state index contributed by atoms with van der Waals surface area (Å²) >= 11 is 5.53. The normalized spacial score (nSPS) is 15.9. The number of rotatable bonds is 6. The van der Waals surface area contributed by atoms with Crippen LogP contribution in [0, 0.1) is 0 Å². The summed E-state index contributed by atoms with van der Waals surface area (Å²) in [6.07, 6.45) is 3.67. The second-order valence-electron chi connectivity index (χ2n) is 2.32. The van der Waals surface area contributed by atoms with E-state index >= 15 is 0 Å². The standard InChI is InChI=1S/C9H14ClFO/c1-3-6-12-7-5-9(11)8(10)4-2/h4-5,7-9H,2-3,6H2,1H3/b7-5+. The van der Waals surface area contributed by atoms with Crippen molar-refractivity contribution in [1.82, 2.24) is 0 Å². The van der Waals surface area contributed by atoms with Crippen LogP contribution in [-0.2, 0) is 4.74 Å². The fourth-order valence-electron chi connectivity index (χ4n) is 0.553. The van der Waals surface area contributed by atoms with Gasteiger partial charge in [-0.1, -0.05) is 13.0 Å². The van der Waals surface area contributed by atoms with Gasteiger partial charge in [0.05, 0.1) is 18.2 Å². The van der Waals surface area contributed by atoms with Crippen molar-refractivity contribution < 1.29 is 9.13 Å². The zero-order chi connectivity index (χ0) is 9.40. The van der Waals surface area contributed by atoms with Crippen molar-refractivity contribution in [2.45, 2.75) is 24.9 Å². The molecule has 2 atom stereocenters. The Labute approximate surface area is 77.9 Å². The summed E-state index contributed by atoms with van der Waals surface area (Å²) in [5.74, 6) is 0. The molecular formula is C9H14ClFO. The van der Waals surface area contributed by atoms with Crippen LogP contribution in [0.1, 0.15) is 13.3 Å². The maximum atomic E-state index is 12.9. The van der Waals surface area contributed by atoms with E-state index < -0.39 is 11.5 Å². The third-order valence-corrected chi connectivity index (χ3v) is 1.63. The number of ether oxygens (including phenoxy) is 1. The fourth-order valence-corrected chi connectivity index (χ4v) is 0.637. The minimum absolute atomic E-state index is 0.601. The van der Waals surface area contributed by atoms with Crippen LogP contribution in [0.15, 0.2) is 25.0 Å². The first kappa shape index (κ1) is 11.5. The summed E-state index contributed by atoms with van der Waals surface area (Å²) in [4.78, 5) is 0. The number of hydrogen-bond acceptors (Lipinski definition) is 1. The summed E-state index contributed by atoms with van der Waals surface area (Å²) in [7, 11) is 0. The molecule has 0 bridgehead atoms. The Kier molecular flexibility index (Phi) is 6.87. The van der Waals surface area contributed by atoms with Gasteiger partial charge in [0.25, 0.3) is 0 Å². The number of alkyl halides is 2. The minimum Gasteiger partial charge on any atom is -0.501 e. The van der Waals surface area contributed by atoms with E-state index in [4.69, 9.17) is 16.3 Å². The van der Waals surface area contributed by atoms with Gasteiger partial charge in [-0.05, 0) is 12.5 Å². The van der Waals surface area contributed by atoms with Crippen molar-refractivity contribution in [2.24, 2.45) is 0 Å². The van der Waals surface area contributed by atoms with Crippen LogP contribution in [0.3, 0.4) is 0 Å². The highest BCUT2D eigenvalue weighted by molar-refractivity contribution is 6.22. The smallest absolute Gasteiger partial charge is 0.141 e. The summed E-state index contributed by atoms with van der Waals surface area (Å²) in [6, 6.07) is 0. The molecule has 0 aliphatic rings. The van der Waals surface area contributed by atoms with Gasteiger partial charge in [-0.15, -0.1) is 18.2 Å². The average Bonchev–Trinajstić information content (AvgIpc) is 2.10. The molecule has 0 radical (unpaired) electrons. The van der Waals surface area contributed by atoms with E-state index in [2.05, 4.69) is 6.58 Å². The predicted molar refractivity (Wildman–Crippen MR) is 50.1 cm³/mol. The highest BCUT2D eigenvalue weighted by Gasteiger charge is 2.10. The minimum atomic E-state index is -1.22. The third kappa shape index (κ3) is 5.19. The average molecular weight is 193 g/mol. The van der Waals surface area contributed by atoms with Crippen LogP contribution in [0.5, 0.6) is 0 Å². The number of halogens is 2. The lowest BCUT2D eigenvalue weighted by atomic mass is 10.2. The molecule has 1 nitrogen and oxygen atoms in total. The molecule has 12 heavy (non-hydrogen) atoms. The van der Waals surface area contributed by atoms with Gasteiger partial charge in [0.2, 0.25) is 0 Å². The van der Waals surface area contributed by atoms with E-state index in [0.717, 1.165) is 6.42 Å². The van der Waals surface area contributed by atoms with E-state index in [1.807, 2.05) is 6.92 Å². The number of allylic oxidation sites excluding steroid dienone is 2. The van der Waals surface area contributed by atoms with Gasteiger partial charge < -0.3 is 4.74 Å². The predicted octanol–water partition coefficient (Wildman–Crippen LogP) is 3.06. The molecule has 0 aliphatic heterocycles. The number of hydrogen-bond donors (Lipinski definition) is 0. The molecule has 70 valence electrons. The molecule has 0 N–H and O–H groups in total. The first-order valence-corrected chi connectivity index (χ1v) is 4.35. The van der Waals surface area contributed by atoms with Crippen molar-refractivity contribution in [3.8, 4) is 0 Å². The monoisotopic (exact) mass is 192 g/mol. The van der Waals surface area contributed by atoms with E-state index in [1.165, 1.54) is 18.4 Å². The van der Waals surface area contributed by atoms with E-state index in [-0.39, 0.29) is 0 Å². The molecule has 0 saturated heterocycles. The molecule has 2 unspecified atom stereocenters. The Bertz CT molecular complexity index is 147. The van der Waals surface area contributed by atoms with Gasteiger partial charge in [0.15, 0.2) is 0 Å². The van der Waals surface area contributed by atoms with Crippen molar-refractivity contribution >= 4 is 11.6 Å². The SMILES string of the molecule is C=CC(Cl)C(F)/C=C/OCCC. The zero-order valence-corrected chi connectivity index (χ0v) is 7.93. The van der Waals surface area contributed by atoms with Gasteiger partial charge in [0.1, 0.15) is 6.17 Å². The van der Waals surface area contributed by atoms with Crippen LogP contribution in [0.4, 0.5) is 4.39 Å². The van der Waals surface area contributed by atoms with Gasteiger partial charge in [-0.3, -0.25) is 0 Å². The van der Waals surface area contributed by atoms with Gasteiger partial charge in [0, 0.05) is 0 Å². The van der Waals surface area contributed by atoms with Crippen molar-refractivity contribution in [3.05, 3.63) is 25.0 Å². The Balaban J connectivity index is 3.59. The largest absolute Gasteiger partial charge is 0.501 e. The van der Waals surface area contributed by atoms with Crippen LogP contribution in [0.2, 0.25) is 0 Å². The molecule has 0 amide bonds. The molecule has 0 heterocycles. The van der Waals surface area contributed by atoms with Crippen LogP contribution >= 0.6 is 11.6 Å². The van der Waals surface area contributed by atoms with Gasteiger partial charge in [-0.25, -0.2) is 4.39 Å². The summed E-state index contributed by atoms with van der Waals surface area (Å²) in [5.41, 5.74) is 0. The van der Waals surface area contributed by atoms with E-state index in [9.17, 15) is 4.39 Å². The van der Waals surface area contributed by atoms with Gasteiger partial charge >= 0.3 is 0 Å². The van der Waals surface area contributed by atoms with Crippen LogP contribution in [-0.4, -0.2) is 18.2 Å². The molecule has 0 fully saturated rings. The molecule has 0 aromatic carbocycles. The van der Waals surface area contributed by atoms with Crippen LogP contribution < -0.4 is 0 Å². The second kappa shape index (κ2) is 7.17. The van der Waals surface area contributed by atoms with E-state index in [0.29, 0.717) is 6.61 Å². The topological polar surface area (TPSA) is 9.23 Å². The maximum Gasteiger partial charge on any atom is 0.141 e. The zero-order valence-electron chi connectivity index (χ0n) is 7.17. The fraction of sp³-hybridized carbons (Fsp3) is 0.556. The lowest BCUT2D eigenvalue weighted by molar-refractivity contribution is 0.245. The highest BCUT2D eigenvalue weighted by atomic mass is 35.5. The molecule has 0 aromatic heterocycles. The molecule has 0 saturated carbocycles. The summed E-state index contributed by atoms with van der Waals surface area (Å²) in [5, 5.41) is -0.675. The molecule has 0 spiro atoms. The van der Waals surface area contributed by atoms with E-state index in [1.54, 1.807) is 0 Å². The molecule has 0 aliphatic carbocycles. The Morgan fingerprint density at radius 3 is 2.83 bits per heavy atom. The lowest BCUT2D eigenvalue weighted by Gasteiger charge is -2.04. The second-order valence-corrected chi connectivity index (χ2v) is 2.83. The molecule has 0 rings (SSSR count). The summed E-state index contributed by atoms with van der Waals surface area (Å²) < 4.78 is 17.8. The highest BCUT2D eigenvalue weighted by Crippen LogP contribution is 2.09. The van der Waals surface area contributed by atoms with Crippen molar-refractivity contribution in [2.75, 3.05) is 6.61 Å². The summed E-state index contributed by atoms with van der Waals surface area (Å²) in [6.45, 7) is 5.96. The Morgan fingerprint density at radius 2 is 2.33 bits per heavy atom. The van der Waals surface area contributed by atoms with Crippen molar-refractivity contribution in [1.29, 1.82) is 0 Å². The third-order valence-electron chi connectivity index (χ3n) is 1.21. The van der Waals surface area contributed by atoms with Crippen LogP contribution in [0.25, 0.3) is 0 Å². The first-order valence-electron chi connectivity index (χ1n) is 3.91. The van der Waals surface area contributed by atoms with Crippen molar-refractivity contribution in [3.63, 3.8) is 0 Å². The first-order chi connectivity index (χ1) is 5.72. The van der Waals surface area contributed by atoms with Gasteiger partial charge in [-0.2, -0.15) is 0 Å².